The molecule has 1 aromatic carbocycles. The normalized spacial score (nSPS) is 20.5. The molecule has 0 radical (unpaired) electrons. The van der Waals surface area contributed by atoms with Gasteiger partial charge in [-0.1, -0.05) is 12.1 Å². The van der Waals surface area contributed by atoms with Crippen molar-refractivity contribution in [3.63, 3.8) is 0 Å². The lowest BCUT2D eigenvalue weighted by Gasteiger charge is -2.31. The number of cyclic esters (lactones) is 1. The third-order valence-electron chi connectivity index (χ3n) is 4.05. The zero-order valence-electron chi connectivity index (χ0n) is 14.9. The second-order valence-electron chi connectivity index (χ2n) is 6.45. The number of methoxy groups -OCH3 is 1. The number of hydrogen-bond donors (Lipinski definition) is 1. The van der Waals surface area contributed by atoms with Crippen LogP contribution in [0.25, 0.3) is 0 Å². The Kier molecular flexibility index (Phi) is 5.85. The largest absolute Gasteiger partial charge is 0.497 e. The van der Waals surface area contributed by atoms with Gasteiger partial charge in [0.25, 0.3) is 0 Å². The third kappa shape index (κ3) is 4.60. The average molecular weight is 348 g/mol. The fourth-order valence-corrected chi connectivity index (χ4v) is 2.67. The van der Waals surface area contributed by atoms with E-state index >= 15 is 0 Å². The summed E-state index contributed by atoms with van der Waals surface area (Å²) in [6.07, 6.45) is 1.82. The zero-order chi connectivity index (χ0) is 18.6. The lowest BCUT2D eigenvalue weighted by molar-refractivity contribution is -0.160. The predicted octanol–water partition coefficient (Wildman–Crippen LogP) is 2.24. The first kappa shape index (κ1) is 19.0. The number of carbonyl (C=O) groups excluding carboxylic acids is 2. The van der Waals surface area contributed by atoms with E-state index in [1.54, 1.807) is 26.2 Å². The minimum Gasteiger partial charge on any atom is -0.497 e. The smallest absolute Gasteiger partial charge is 0.315 e. The first-order valence-electron chi connectivity index (χ1n) is 8.22. The van der Waals surface area contributed by atoms with Gasteiger partial charge in [0.1, 0.15) is 17.1 Å². The van der Waals surface area contributed by atoms with Gasteiger partial charge in [0.05, 0.1) is 25.6 Å². The summed E-state index contributed by atoms with van der Waals surface area (Å²) in [5, 5.41) is 10.1. The van der Waals surface area contributed by atoms with Gasteiger partial charge in [-0.3, -0.25) is 9.59 Å². The summed E-state index contributed by atoms with van der Waals surface area (Å²) in [5.41, 5.74) is -0.483. The van der Waals surface area contributed by atoms with Crippen LogP contribution in [0.5, 0.6) is 5.75 Å². The molecule has 0 bridgehead atoms. The molecule has 1 N–H and O–H groups in total. The quantitative estimate of drug-likeness (QED) is 0.794. The van der Waals surface area contributed by atoms with Gasteiger partial charge in [0.15, 0.2) is 0 Å². The lowest BCUT2D eigenvalue weighted by atomic mass is 9.83. The summed E-state index contributed by atoms with van der Waals surface area (Å²) >= 11 is 0. The van der Waals surface area contributed by atoms with Gasteiger partial charge in [0, 0.05) is 0 Å². The molecule has 0 amide bonds. The lowest BCUT2D eigenvalue weighted by Crippen LogP contribution is -2.40. The molecule has 136 valence electrons. The second kappa shape index (κ2) is 7.70. The van der Waals surface area contributed by atoms with E-state index in [0.29, 0.717) is 12.2 Å². The maximum atomic E-state index is 12.5. The van der Waals surface area contributed by atoms with Gasteiger partial charge in [-0.2, -0.15) is 0 Å². The van der Waals surface area contributed by atoms with Crippen LogP contribution in [0.4, 0.5) is 0 Å². The van der Waals surface area contributed by atoms with Gasteiger partial charge < -0.3 is 19.3 Å². The molecular weight excluding hydrogens is 324 g/mol. The van der Waals surface area contributed by atoms with Crippen molar-refractivity contribution >= 4 is 11.9 Å². The third-order valence-corrected chi connectivity index (χ3v) is 4.05. The molecule has 0 spiro atoms. The van der Waals surface area contributed by atoms with Crippen molar-refractivity contribution in [2.45, 2.75) is 32.8 Å². The number of hydrogen-bond acceptors (Lipinski definition) is 6. The maximum Gasteiger partial charge on any atom is 0.315 e. The molecule has 0 saturated heterocycles. The molecular formula is C19H24O6. The molecule has 0 unspecified atom stereocenters. The summed E-state index contributed by atoms with van der Waals surface area (Å²) in [6, 6.07) is 7.26. The number of aliphatic hydroxyl groups is 1. The SMILES string of the molecule is CCOC(=O)[C@@H]1C=C(C(C)(C)O)OC(=O)[C@@H]1Cc1ccc(OC)cc1. The summed E-state index contributed by atoms with van der Waals surface area (Å²) in [6.45, 7) is 4.92. The highest BCUT2D eigenvalue weighted by atomic mass is 16.6. The van der Waals surface area contributed by atoms with Crippen LogP contribution in [0, 0.1) is 11.8 Å². The molecule has 25 heavy (non-hydrogen) atoms. The Bertz CT molecular complexity index is 653. The number of rotatable bonds is 6. The van der Waals surface area contributed by atoms with Crippen molar-refractivity contribution in [3.05, 3.63) is 41.7 Å². The highest BCUT2D eigenvalue weighted by Crippen LogP contribution is 2.33. The first-order chi connectivity index (χ1) is 11.8. The van der Waals surface area contributed by atoms with Crippen molar-refractivity contribution in [2.75, 3.05) is 13.7 Å². The molecule has 0 aliphatic carbocycles. The van der Waals surface area contributed by atoms with Crippen molar-refractivity contribution in [1.29, 1.82) is 0 Å². The molecule has 1 aliphatic heterocycles. The second-order valence-corrected chi connectivity index (χ2v) is 6.45. The Balaban J connectivity index is 2.30. The predicted molar refractivity (Wildman–Crippen MR) is 90.8 cm³/mol. The topological polar surface area (TPSA) is 82.1 Å². The molecule has 0 fully saturated rings. The van der Waals surface area contributed by atoms with Crippen molar-refractivity contribution in [3.8, 4) is 5.75 Å². The van der Waals surface area contributed by atoms with E-state index in [1.165, 1.54) is 19.9 Å². The van der Waals surface area contributed by atoms with E-state index in [0.717, 1.165) is 5.56 Å². The summed E-state index contributed by atoms with van der Waals surface area (Å²) in [5.74, 6) is -1.78. The Morgan fingerprint density at radius 1 is 1.28 bits per heavy atom. The van der Waals surface area contributed by atoms with E-state index in [-0.39, 0.29) is 12.4 Å². The van der Waals surface area contributed by atoms with Gasteiger partial charge in [-0.05, 0) is 51.0 Å². The minimum absolute atomic E-state index is 0.0709. The monoisotopic (exact) mass is 348 g/mol. The molecule has 6 nitrogen and oxygen atoms in total. The Labute approximate surface area is 147 Å². The molecule has 1 aliphatic rings. The van der Waals surface area contributed by atoms with Crippen LogP contribution in [-0.2, 0) is 25.5 Å². The van der Waals surface area contributed by atoms with Crippen LogP contribution in [0.3, 0.4) is 0 Å². The van der Waals surface area contributed by atoms with Crippen molar-refractivity contribution < 1.29 is 28.9 Å². The van der Waals surface area contributed by atoms with Crippen molar-refractivity contribution in [2.24, 2.45) is 11.8 Å². The summed E-state index contributed by atoms with van der Waals surface area (Å²) in [4.78, 5) is 24.8. The van der Waals surface area contributed by atoms with E-state index in [4.69, 9.17) is 14.2 Å². The first-order valence-corrected chi connectivity index (χ1v) is 8.22. The Morgan fingerprint density at radius 3 is 2.44 bits per heavy atom. The zero-order valence-corrected chi connectivity index (χ0v) is 14.9. The standard InChI is InChI=1S/C19H24O6/c1-5-24-17(20)15-11-16(19(2,3)22)25-18(21)14(15)10-12-6-8-13(23-4)9-7-12/h6-9,11,14-15,22H,5,10H2,1-4H3/t14-,15-/m1/s1. The fourth-order valence-electron chi connectivity index (χ4n) is 2.67. The molecule has 6 heteroatoms. The highest BCUT2D eigenvalue weighted by Gasteiger charge is 2.42. The number of esters is 2. The van der Waals surface area contributed by atoms with Crippen LogP contribution >= 0.6 is 0 Å². The molecule has 1 heterocycles. The Morgan fingerprint density at radius 2 is 1.92 bits per heavy atom. The highest BCUT2D eigenvalue weighted by molar-refractivity contribution is 5.86. The van der Waals surface area contributed by atoms with Gasteiger partial charge in [-0.25, -0.2) is 0 Å². The fraction of sp³-hybridized carbons (Fsp3) is 0.474. The van der Waals surface area contributed by atoms with E-state index < -0.39 is 29.4 Å². The van der Waals surface area contributed by atoms with E-state index in [9.17, 15) is 14.7 Å². The number of benzene rings is 1. The van der Waals surface area contributed by atoms with Crippen molar-refractivity contribution in [1.82, 2.24) is 0 Å². The number of ether oxygens (including phenoxy) is 3. The van der Waals surface area contributed by atoms with Crippen LogP contribution < -0.4 is 4.74 Å². The number of carbonyl (C=O) groups is 2. The average Bonchev–Trinajstić information content (AvgIpc) is 2.56. The van der Waals surface area contributed by atoms with Gasteiger partial charge >= 0.3 is 11.9 Å². The maximum absolute atomic E-state index is 12.5. The van der Waals surface area contributed by atoms with Crippen LogP contribution in [-0.4, -0.2) is 36.4 Å². The van der Waals surface area contributed by atoms with Crippen LogP contribution in [0.15, 0.2) is 36.1 Å². The molecule has 1 aromatic rings. The molecule has 2 atom stereocenters. The van der Waals surface area contributed by atoms with Gasteiger partial charge in [-0.15, -0.1) is 0 Å². The Hall–Kier alpha value is -2.34. The molecule has 0 aromatic heterocycles. The van der Waals surface area contributed by atoms with Crippen LogP contribution in [0.1, 0.15) is 26.3 Å². The van der Waals surface area contributed by atoms with E-state index in [1.807, 2.05) is 12.1 Å². The van der Waals surface area contributed by atoms with Crippen LogP contribution in [0.2, 0.25) is 0 Å². The van der Waals surface area contributed by atoms with Gasteiger partial charge in [0.2, 0.25) is 0 Å². The minimum atomic E-state index is -1.36. The molecule has 2 rings (SSSR count). The summed E-state index contributed by atoms with van der Waals surface area (Å²) < 4.78 is 15.5. The summed E-state index contributed by atoms with van der Waals surface area (Å²) in [7, 11) is 1.58. The molecule has 0 saturated carbocycles. The van der Waals surface area contributed by atoms with E-state index in [2.05, 4.69) is 0 Å².